The highest BCUT2D eigenvalue weighted by Crippen LogP contribution is 2.14. The van der Waals surface area contributed by atoms with Crippen LogP contribution in [0.1, 0.15) is 17.3 Å². The molecule has 0 aliphatic heterocycles. The molecule has 2 nitrogen and oxygen atoms in total. The van der Waals surface area contributed by atoms with Gasteiger partial charge in [0.05, 0.1) is 0 Å². The molecule has 0 bridgehead atoms. The lowest BCUT2D eigenvalue weighted by molar-refractivity contribution is 0.0934. The van der Waals surface area contributed by atoms with E-state index in [-0.39, 0.29) is 11.7 Å². The molecule has 1 rings (SSSR count). The summed E-state index contributed by atoms with van der Waals surface area (Å²) in [5.41, 5.74) is 6.13. The zero-order valence-electron chi connectivity index (χ0n) is 7.46. The van der Waals surface area contributed by atoms with E-state index >= 15 is 0 Å². The van der Waals surface area contributed by atoms with Crippen molar-refractivity contribution in [3.05, 3.63) is 34.3 Å². The van der Waals surface area contributed by atoms with Gasteiger partial charge in [0.2, 0.25) is 0 Å². The van der Waals surface area contributed by atoms with Crippen LogP contribution in [-0.2, 0) is 0 Å². The van der Waals surface area contributed by atoms with Crippen LogP contribution in [0, 0.1) is 5.92 Å². The molecule has 0 radical (unpaired) electrons. The van der Waals surface area contributed by atoms with Crippen LogP contribution in [0.15, 0.2) is 28.7 Å². The van der Waals surface area contributed by atoms with Crippen LogP contribution in [0.25, 0.3) is 0 Å². The summed E-state index contributed by atoms with van der Waals surface area (Å²) >= 11 is 3.32. The van der Waals surface area contributed by atoms with Gasteiger partial charge in [0.25, 0.3) is 0 Å². The SMILES string of the molecule is CC(CN)C(=O)c1cccc(Br)c1. The predicted octanol–water partition coefficient (Wildman–Crippen LogP) is 2.23. The Labute approximate surface area is 86.3 Å². The molecule has 0 amide bonds. The minimum absolute atomic E-state index is 0.101. The maximum atomic E-state index is 11.6. The lowest BCUT2D eigenvalue weighted by Gasteiger charge is -2.06. The van der Waals surface area contributed by atoms with Crippen LogP contribution < -0.4 is 5.73 Å². The topological polar surface area (TPSA) is 43.1 Å². The number of nitrogens with two attached hydrogens (primary N) is 1. The molecule has 0 aromatic heterocycles. The summed E-state index contributed by atoms with van der Waals surface area (Å²) in [6.07, 6.45) is 0. The Kier molecular flexibility index (Phi) is 3.63. The summed E-state index contributed by atoms with van der Waals surface area (Å²) in [4.78, 5) is 11.6. The van der Waals surface area contributed by atoms with Crippen LogP contribution in [0.4, 0.5) is 0 Å². The predicted molar refractivity (Wildman–Crippen MR) is 56.7 cm³/mol. The van der Waals surface area contributed by atoms with Crippen LogP contribution in [0.3, 0.4) is 0 Å². The van der Waals surface area contributed by atoms with E-state index in [4.69, 9.17) is 5.73 Å². The van der Waals surface area contributed by atoms with Gasteiger partial charge < -0.3 is 5.73 Å². The Balaban J connectivity index is 2.89. The Morgan fingerprint density at radius 3 is 2.85 bits per heavy atom. The first kappa shape index (κ1) is 10.4. The van der Waals surface area contributed by atoms with Gasteiger partial charge in [0, 0.05) is 22.5 Å². The standard InChI is InChI=1S/C10H12BrNO/c1-7(6-12)10(13)8-3-2-4-9(11)5-8/h2-5,7H,6,12H2,1H3. The van der Waals surface area contributed by atoms with Crippen molar-refractivity contribution in [2.45, 2.75) is 6.92 Å². The molecular weight excluding hydrogens is 230 g/mol. The molecule has 0 saturated heterocycles. The van der Waals surface area contributed by atoms with E-state index in [1.165, 1.54) is 0 Å². The van der Waals surface area contributed by atoms with Crippen molar-refractivity contribution in [2.75, 3.05) is 6.54 Å². The molecule has 2 N–H and O–H groups in total. The van der Waals surface area contributed by atoms with Crippen molar-refractivity contribution in [3.8, 4) is 0 Å². The molecule has 1 aromatic carbocycles. The number of Topliss-reactive ketones (excluding diaryl/α,β-unsaturated/α-hetero) is 1. The third-order valence-electron chi connectivity index (χ3n) is 1.91. The van der Waals surface area contributed by atoms with Gasteiger partial charge >= 0.3 is 0 Å². The summed E-state index contributed by atoms with van der Waals surface area (Å²) < 4.78 is 0.919. The Hall–Kier alpha value is -0.670. The second-order valence-electron chi connectivity index (χ2n) is 3.01. The van der Waals surface area contributed by atoms with Crippen LogP contribution >= 0.6 is 15.9 Å². The van der Waals surface area contributed by atoms with Gasteiger partial charge in [-0.15, -0.1) is 0 Å². The number of carbonyl (C=O) groups excluding carboxylic acids is 1. The average molecular weight is 242 g/mol. The highest BCUT2D eigenvalue weighted by molar-refractivity contribution is 9.10. The number of ketones is 1. The molecule has 13 heavy (non-hydrogen) atoms. The maximum Gasteiger partial charge on any atom is 0.166 e. The number of hydrogen-bond donors (Lipinski definition) is 1. The normalized spacial score (nSPS) is 12.5. The minimum atomic E-state index is -0.103. The smallest absolute Gasteiger partial charge is 0.166 e. The minimum Gasteiger partial charge on any atom is -0.330 e. The molecule has 1 aromatic rings. The Bertz CT molecular complexity index is 312. The second kappa shape index (κ2) is 4.53. The molecule has 1 atom stereocenters. The molecule has 70 valence electrons. The number of benzene rings is 1. The molecule has 3 heteroatoms. The first-order chi connectivity index (χ1) is 6.15. The van der Waals surface area contributed by atoms with E-state index in [0.717, 1.165) is 4.47 Å². The van der Waals surface area contributed by atoms with E-state index in [9.17, 15) is 4.79 Å². The highest BCUT2D eigenvalue weighted by Gasteiger charge is 2.12. The number of hydrogen-bond acceptors (Lipinski definition) is 2. The van der Waals surface area contributed by atoms with Gasteiger partial charge in [0.15, 0.2) is 5.78 Å². The fraction of sp³-hybridized carbons (Fsp3) is 0.300. The molecule has 0 fully saturated rings. The fourth-order valence-corrected chi connectivity index (χ4v) is 1.43. The molecule has 0 heterocycles. The number of carbonyl (C=O) groups is 1. The first-order valence-corrected chi connectivity index (χ1v) is 4.94. The van der Waals surface area contributed by atoms with Crippen LogP contribution in [-0.4, -0.2) is 12.3 Å². The Morgan fingerprint density at radius 1 is 1.62 bits per heavy atom. The summed E-state index contributed by atoms with van der Waals surface area (Å²) in [6.45, 7) is 2.23. The third-order valence-corrected chi connectivity index (χ3v) is 2.40. The Morgan fingerprint density at radius 2 is 2.31 bits per heavy atom. The van der Waals surface area contributed by atoms with E-state index < -0.39 is 0 Å². The lowest BCUT2D eigenvalue weighted by Crippen LogP contribution is -2.20. The van der Waals surface area contributed by atoms with Gasteiger partial charge in [-0.25, -0.2) is 0 Å². The monoisotopic (exact) mass is 241 g/mol. The first-order valence-electron chi connectivity index (χ1n) is 4.15. The summed E-state index contributed by atoms with van der Waals surface area (Å²) in [6, 6.07) is 7.36. The average Bonchev–Trinajstić information content (AvgIpc) is 2.15. The quantitative estimate of drug-likeness (QED) is 0.826. The van der Waals surface area contributed by atoms with E-state index in [2.05, 4.69) is 15.9 Å². The molecule has 0 aliphatic rings. The zero-order chi connectivity index (χ0) is 9.84. The molecule has 0 saturated carbocycles. The molecule has 1 unspecified atom stereocenters. The maximum absolute atomic E-state index is 11.6. The summed E-state index contributed by atoms with van der Waals surface area (Å²) in [5.74, 6) is -0.00176. The fourth-order valence-electron chi connectivity index (χ4n) is 1.03. The van der Waals surface area contributed by atoms with Gasteiger partial charge in [-0.1, -0.05) is 35.0 Å². The highest BCUT2D eigenvalue weighted by atomic mass is 79.9. The largest absolute Gasteiger partial charge is 0.330 e. The third kappa shape index (κ3) is 2.64. The van der Waals surface area contributed by atoms with Crippen molar-refractivity contribution < 1.29 is 4.79 Å². The zero-order valence-corrected chi connectivity index (χ0v) is 9.04. The van der Waals surface area contributed by atoms with Gasteiger partial charge in [-0.3, -0.25) is 4.79 Å². The van der Waals surface area contributed by atoms with Crippen molar-refractivity contribution in [1.82, 2.24) is 0 Å². The summed E-state index contributed by atoms with van der Waals surface area (Å²) in [7, 11) is 0. The van der Waals surface area contributed by atoms with Gasteiger partial charge in [-0.05, 0) is 12.1 Å². The van der Waals surface area contributed by atoms with Crippen LogP contribution in [0.2, 0.25) is 0 Å². The van der Waals surface area contributed by atoms with Crippen molar-refractivity contribution >= 4 is 21.7 Å². The van der Waals surface area contributed by atoms with Gasteiger partial charge in [0.1, 0.15) is 0 Å². The van der Waals surface area contributed by atoms with E-state index in [1.54, 1.807) is 6.07 Å². The second-order valence-corrected chi connectivity index (χ2v) is 3.93. The van der Waals surface area contributed by atoms with Gasteiger partial charge in [-0.2, -0.15) is 0 Å². The van der Waals surface area contributed by atoms with Crippen LogP contribution in [0.5, 0.6) is 0 Å². The molecule has 0 spiro atoms. The van der Waals surface area contributed by atoms with E-state index in [1.807, 2.05) is 25.1 Å². The molecular formula is C10H12BrNO. The van der Waals surface area contributed by atoms with Crippen molar-refractivity contribution in [1.29, 1.82) is 0 Å². The van der Waals surface area contributed by atoms with Crippen molar-refractivity contribution in [3.63, 3.8) is 0 Å². The number of rotatable bonds is 3. The number of halogens is 1. The van der Waals surface area contributed by atoms with E-state index in [0.29, 0.717) is 12.1 Å². The lowest BCUT2D eigenvalue weighted by atomic mass is 10.00. The summed E-state index contributed by atoms with van der Waals surface area (Å²) in [5, 5.41) is 0. The van der Waals surface area contributed by atoms with Crippen molar-refractivity contribution in [2.24, 2.45) is 11.7 Å². The molecule has 0 aliphatic carbocycles.